The van der Waals surface area contributed by atoms with Crippen molar-refractivity contribution in [1.82, 2.24) is 0 Å². The average molecular weight is 88.1 g/mol. The first-order valence-corrected chi connectivity index (χ1v) is 1.96. The van der Waals surface area contributed by atoms with Gasteiger partial charge in [-0.05, 0) is 13.3 Å². The lowest BCUT2D eigenvalue weighted by molar-refractivity contribution is 0.292. The molecule has 37 valence electrons. The van der Waals surface area contributed by atoms with Crippen molar-refractivity contribution in [2.75, 3.05) is 6.61 Å². The smallest absolute Gasteiger partial charge is 0.0449 e. The predicted octanol–water partition coefficient (Wildman–Crippen LogP) is -0.121. The van der Waals surface area contributed by atoms with Gasteiger partial charge in [0.2, 0.25) is 0 Å². The van der Waals surface area contributed by atoms with E-state index in [9.17, 15) is 0 Å². The monoisotopic (exact) mass is 88.1 g/mol. The van der Waals surface area contributed by atoms with Crippen molar-refractivity contribution in [3.8, 4) is 0 Å². The van der Waals surface area contributed by atoms with E-state index in [4.69, 9.17) is 10.8 Å². The fourth-order valence-corrected chi connectivity index (χ4v) is 0.176. The Morgan fingerprint density at radius 2 is 2.33 bits per heavy atom. The molecule has 0 rings (SSSR count). The van der Waals surface area contributed by atoms with Gasteiger partial charge in [0.25, 0.3) is 0 Å². The summed E-state index contributed by atoms with van der Waals surface area (Å²) in [5.41, 5.74) is 5.16. The Bertz CT molecular complexity index is 28.7. The molecule has 0 aromatic rings. The summed E-state index contributed by atoms with van der Waals surface area (Å²) in [4.78, 5) is 0. The highest BCUT2D eigenvalue weighted by molar-refractivity contribution is 4.72. The van der Waals surface area contributed by atoms with Crippen molar-refractivity contribution < 1.29 is 5.11 Å². The molecule has 0 aliphatic rings. The van der Waals surface area contributed by atoms with Crippen LogP contribution in [0.5, 0.6) is 0 Å². The Morgan fingerprint density at radius 1 is 1.83 bits per heavy atom. The van der Waals surface area contributed by atoms with Crippen LogP contribution in [0.2, 0.25) is 0 Å². The van der Waals surface area contributed by atoms with Gasteiger partial charge in [0.1, 0.15) is 0 Å². The van der Waals surface area contributed by atoms with Crippen LogP contribution >= 0.6 is 0 Å². The largest absolute Gasteiger partial charge is 0.396 e. The first-order valence-electron chi connectivity index (χ1n) is 1.96. The molecule has 0 amide bonds. The van der Waals surface area contributed by atoms with Gasteiger partial charge < -0.3 is 10.8 Å². The Morgan fingerprint density at radius 3 is 2.33 bits per heavy atom. The molecule has 0 atom stereocenters. The minimum atomic E-state index is 0.169. The van der Waals surface area contributed by atoms with Crippen molar-refractivity contribution in [3.63, 3.8) is 0 Å². The second kappa shape index (κ2) is 3.12. The molecular formula is C4H10NO. The molecule has 0 aromatic heterocycles. The van der Waals surface area contributed by atoms with E-state index in [1.165, 1.54) is 0 Å². The summed E-state index contributed by atoms with van der Waals surface area (Å²) in [6.07, 6.45) is 0.625. The Kier molecular flexibility index (Phi) is 3.08. The molecule has 0 aliphatic heterocycles. The van der Waals surface area contributed by atoms with Crippen LogP contribution in [0.4, 0.5) is 0 Å². The van der Waals surface area contributed by atoms with Crippen LogP contribution in [-0.4, -0.2) is 11.7 Å². The fourth-order valence-electron chi connectivity index (χ4n) is 0.176. The van der Waals surface area contributed by atoms with Gasteiger partial charge in [-0.15, -0.1) is 0 Å². The van der Waals surface area contributed by atoms with E-state index in [0.717, 1.165) is 6.04 Å². The highest BCUT2D eigenvalue weighted by Crippen LogP contribution is 1.89. The third-order valence-corrected chi connectivity index (χ3v) is 0.506. The van der Waals surface area contributed by atoms with E-state index >= 15 is 0 Å². The minimum absolute atomic E-state index is 0.169. The lowest BCUT2D eigenvalue weighted by Crippen LogP contribution is -2.05. The molecule has 6 heavy (non-hydrogen) atoms. The maximum atomic E-state index is 8.14. The van der Waals surface area contributed by atoms with Crippen molar-refractivity contribution in [2.24, 2.45) is 5.73 Å². The Labute approximate surface area is 38.0 Å². The van der Waals surface area contributed by atoms with Crippen LogP contribution in [0.25, 0.3) is 0 Å². The van der Waals surface area contributed by atoms with E-state index < -0.39 is 0 Å². The van der Waals surface area contributed by atoms with Crippen molar-refractivity contribution in [1.29, 1.82) is 0 Å². The van der Waals surface area contributed by atoms with Crippen molar-refractivity contribution in [3.05, 3.63) is 6.04 Å². The Hall–Kier alpha value is -0.0800. The molecular weight excluding hydrogens is 78.0 g/mol. The number of nitrogens with two attached hydrogens (primary N) is 1. The molecule has 0 aromatic carbocycles. The van der Waals surface area contributed by atoms with E-state index in [0.29, 0.717) is 6.42 Å². The summed E-state index contributed by atoms with van der Waals surface area (Å²) in [6, 6.07) is 0.789. The van der Waals surface area contributed by atoms with Gasteiger partial charge in [0, 0.05) is 12.6 Å². The first kappa shape index (κ1) is 5.92. The zero-order valence-electron chi connectivity index (χ0n) is 3.94. The van der Waals surface area contributed by atoms with Crippen LogP contribution in [-0.2, 0) is 0 Å². The molecule has 0 saturated heterocycles. The maximum Gasteiger partial charge on any atom is 0.0449 e. The lowest BCUT2D eigenvalue weighted by Gasteiger charge is -1.95. The van der Waals surface area contributed by atoms with Crippen molar-refractivity contribution >= 4 is 0 Å². The van der Waals surface area contributed by atoms with Crippen LogP contribution in [0.15, 0.2) is 0 Å². The van der Waals surface area contributed by atoms with E-state index in [1.807, 2.05) is 0 Å². The summed E-state index contributed by atoms with van der Waals surface area (Å²) in [6.45, 7) is 1.96. The quantitative estimate of drug-likeness (QED) is 0.494. The first-order chi connectivity index (χ1) is 2.77. The van der Waals surface area contributed by atoms with Gasteiger partial charge in [0.15, 0.2) is 0 Å². The fraction of sp³-hybridized carbons (Fsp3) is 0.750. The summed E-state index contributed by atoms with van der Waals surface area (Å²) in [5, 5.41) is 8.14. The number of aliphatic hydroxyl groups is 1. The van der Waals surface area contributed by atoms with Gasteiger partial charge in [-0.2, -0.15) is 0 Å². The second-order valence-electron chi connectivity index (χ2n) is 1.32. The number of hydrogen-bond acceptors (Lipinski definition) is 2. The summed E-state index contributed by atoms with van der Waals surface area (Å²) in [5.74, 6) is 0. The van der Waals surface area contributed by atoms with Crippen LogP contribution in [0, 0.1) is 6.04 Å². The van der Waals surface area contributed by atoms with Gasteiger partial charge in [-0.25, -0.2) is 0 Å². The van der Waals surface area contributed by atoms with E-state index in [2.05, 4.69) is 0 Å². The van der Waals surface area contributed by atoms with Gasteiger partial charge >= 0.3 is 0 Å². The molecule has 0 unspecified atom stereocenters. The molecule has 0 heterocycles. The van der Waals surface area contributed by atoms with E-state index in [-0.39, 0.29) is 6.61 Å². The minimum Gasteiger partial charge on any atom is -0.396 e. The van der Waals surface area contributed by atoms with Crippen LogP contribution in [0.3, 0.4) is 0 Å². The molecule has 0 bridgehead atoms. The van der Waals surface area contributed by atoms with Crippen LogP contribution < -0.4 is 5.73 Å². The van der Waals surface area contributed by atoms with Crippen molar-refractivity contribution in [2.45, 2.75) is 13.3 Å². The summed E-state index contributed by atoms with van der Waals surface area (Å²) >= 11 is 0. The Balaban J connectivity index is 2.63. The third-order valence-electron chi connectivity index (χ3n) is 0.506. The maximum absolute atomic E-state index is 8.14. The van der Waals surface area contributed by atoms with Crippen LogP contribution in [0.1, 0.15) is 13.3 Å². The van der Waals surface area contributed by atoms with E-state index in [1.54, 1.807) is 6.92 Å². The second-order valence-corrected chi connectivity index (χ2v) is 1.32. The topological polar surface area (TPSA) is 46.2 Å². The molecule has 0 aliphatic carbocycles. The molecule has 3 N–H and O–H groups in total. The van der Waals surface area contributed by atoms with Gasteiger partial charge in [0.05, 0.1) is 0 Å². The highest BCUT2D eigenvalue weighted by atomic mass is 16.3. The molecule has 0 saturated carbocycles. The summed E-state index contributed by atoms with van der Waals surface area (Å²) in [7, 11) is 0. The number of hydrogen-bond donors (Lipinski definition) is 2. The zero-order valence-corrected chi connectivity index (χ0v) is 3.94. The number of rotatable bonds is 2. The highest BCUT2D eigenvalue weighted by Gasteiger charge is 1.87. The predicted molar refractivity (Wildman–Crippen MR) is 24.8 cm³/mol. The van der Waals surface area contributed by atoms with Gasteiger partial charge in [-0.1, -0.05) is 0 Å². The standard InChI is InChI=1S/C4H10NO/c1-4(5)2-3-6/h6H,2-3,5H2,1H3. The molecule has 1 radical (unpaired) electrons. The molecule has 0 spiro atoms. The summed E-state index contributed by atoms with van der Waals surface area (Å²) < 4.78 is 0. The molecule has 0 fully saturated rings. The zero-order chi connectivity index (χ0) is 4.99. The SMILES string of the molecule is C[C](N)CCO. The molecule has 2 heteroatoms. The normalized spacial score (nSPS) is 10.0. The third kappa shape index (κ3) is 3.92. The lowest BCUT2D eigenvalue weighted by atomic mass is 10.3. The average Bonchev–Trinajstić information content (AvgIpc) is 1.35. The molecule has 2 nitrogen and oxygen atoms in total. The van der Waals surface area contributed by atoms with Gasteiger partial charge in [-0.3, -0.25) is 0 Å². The number of aliphatic hydroxyl groups excluding tert-OH is 1.